The Kier molecular flexibility index (Phi) is 3.50. The minimum absolute atomic E-state index is 0.00789. The molecule has 4 atom stereocenters. The molecular weight excluding hydrogens is 208 g/mol. The fourth-order valence-electron chi connectivity index (χ4n) is 2.65. The van der Waals surface area contributed by atoms with Crippen LogP contribution in [0.15, 0.2) is 0 Å². The summed E-state index contributed by atoms with van der Waals surface area (Å²) in [6.07, 6.45) is 7.83. The number of hydrogen-bond donors (Lipinski definition) is 2. The average Bonchev–Trinajstić information content (AvgIpc) is 2.68. The minimum Gasteiger partial charge on any atom is -0.396 e. The number of hydrogen-bond acceptors (Lipinski definition) is 4. The molecule has 0 aromatic heterocycles. The second kappa shape index (κ2) is 4.72. The molecule has 0 aromatic carbocycles. The molecule has 2 aliphatic rings. The summed E-state index contributed by atoms with van der Waals surface area (Å²) in [6, 6.07) is 0. The van der Waals surface area contributed by atoms with Crippen LogP contribution >= 0.6 is 0 Å². The van der Waals surface area contributed by atoms with E-state index in [2.05, 4.69) is 5.92 Å². The molecule has 2 unspecified atom stereocenters. The number of terminal acetylenes is 1. The van der Waals surface area contributed by atoms with Gasteiger partial charge in [0.1, 0.15) is 11.7 Å². The van der Waals surface area contributed by atoms with Gasteiger partial charge in [0.2, 0.25) is 0 Å². The molecule has 2 heterocycles. The second-order valence-electron chi connectivity index (χ2n) is 4.54. The highest BCUT2D eigenvalue weighted by atomic mass is 16.6. The number of rotatable bonds is 3. The largest absolute Gasteiger partial charge is 0.396 e. The molecule has 0 radical (unpaired) electrons. The van der Waals surface area contributed by atoms with Gasteiger partial charge in [-0.3, -0.25) is 0 Å². The topological polar surface area (TPSA) is 58.9 Å². The van der Waals surface area contributed by atoms with E-state index in [0.29, 0.717) is 12.8 Å². The summed E-state index contributed by atoms with van der Waals surface area (Å²) >= 11 is 0. The molecule has 0 aromatic rings. The summed E-state index contributed by atoms with van der Waals surface area (Å²) in [5, 5.41) is 18.4. The normalized spacial score (nSPS) is 42.7. The van der Waals surface area contributed by atoms with Crippen molar-refractivity contribution < 1.29 is 19.7 Å². The number of aliphatic hydroxyl groups excluding tert-OH is 2. The lowest BCUT2D eigenvalue weighted by molar-refractivity contribution is -0.184. The zero-order chi connectivity index (χ0) is 11.6. The summed E-state index contributed by atoms with van der Waals surface area (Å²) in [4.78, 5) is 0. The van der Waals surface area contributed by atoms with E-state index in [1.54, 1.807) is 0 Å². The van der Waals surface area contributed by atoms with Crippen molar-refractivity contribution >= 4 is 0 Å². The highest BCUT2D eigenvalue weighted by Crippen LogP contribution is 2.41. The molecule has 0 spiro atoms. The Morgan fingerprint density at radius 2 is 2.19 bits per heavy atom. The first-order valence-electron chi connectivity index (χ1n) is 5.75. The maximum atomic E-state index is 9.52. The van der Waals surface area contributed by atoms with E-state index in [1.165, 1.54) is 0 Å². The first-order chi connectivity index (χ1) is 7.74. The van der Waals surface area contributed by atoms with Crippen LogP contribution in [0.4, 0.5) is 0 Å². The van der Waals surface area contributed by atoms with E-state index in [0.717, 1.165) is 12.8 Å². The van der Waals surface area contributed by atoms with Gasteiger partial charge in [-0.15, -0.1) is 6.42 Å². The van der Waals surface area contributed by atoms with Gasteiger partial charge < -0.3 is 19.7 Å². The molecule has 4 nitrogen and oxygen atoms in total. The third-order valence-corrected chi connectivity index (χ3v) is 3.50. The Hall–Kier alpha value is -0.600. The highest BCUT2D eigenvalue weighted by molar-refractivity contribution is 5.09. The van der Waals surface area contributed by atoms with Crippen LogP contribution in [0, 0.1) is 12.3 Å². The lowest BCUT2D eigenvalue weighted by Gasteiger charge is -2.40. The fraction of sp³-hybridized carbons (Fsp3) is 0.833. The van der Waals surface area contributed by atoms with Gasteiger partial charge in [0.15, 0.2) is 0 Å². The molecular formula is C12H18O4. The lowest BCUT2D eigenvalue weighted by atomic mass is 9.87. The van der Waals surface area contributed by atoms with Crippen LogP contribution in [-0.4, -0.2) is 47.3 Å². The highest BCUT2D eigenvalue weighted by Gasteiger charge is 2.52. The van der Waals surface area contributed by atoms with Crippen LogP contribution in [0.2, 0.25) is 0 Å². The van der Waals surface area contributed by atoms with E-state index in [4.69, 9.17) is 21.0 Å². The Morgan fingerprint density at radius 1 is 1.38 bits per heavy atom. The van der Waals surface area contributed by atoms with Crippen LogP contribution < -0.4 is 0 Å². The minimum atomic E-state index is -0.644. The van der Waals surface area contributed by atoms with Crippen molar-refractivity contribution in [1.82, 2.24) is 0 Å². The van der Waals surface area contributed by atoms with E-state index in [9.17, 15) is 5.11 Å². The third kappa shape index (κ3) is 1.96. The van der Waals surface area contributed by atoms with Gasteiger partial charge >= 0.3 is 0 Å². The molecule has 0 saturated carbocycles. The van der Waals surface area contributed by atoms with Crippen molar-refractivity contribution in [3.63, 3.8) is 0 Å². The molecule has 2 N–H and O–H groups in total. The maximum absolute atomic E-state index is 9.52. The van der Waals surface area contributed by atoms with Crippen molar-refractivity contribution in [1.29, 1.82) is 0 Å². The van der Waals surface area contributed by atoms with Gasteiger partial charge in [0.05, 0.1) is 18.8 Å². The predicted molar refractivity (Wildman–Crippen MR) is 57.7 cm³/mol. The van der Waals surface area contributed by atoms with Crippen LogP contribution in [0.25, 0.3) is 0 Å². The van der Waals surface area contributed by atoms with Crippen molar-refractivity contribution in [2.45, 2.75) is 49.6 Å². The fourth-order valence-corrected chi connectivity index (χ4v) is 2.65. The Morgan fingerprint density at radius 3 is 2.81 bits per heavy atom. The summed E-state index contributed by atoms with van der Waals surface area (Å²) in [5.41, 5.74) is -0.644. The number of aliphatic hydroxyl groups is 2. The molecule has 0 aliphatic carbocycles. The lowest BCUT2D eigenvalue weighted by Crippen LogP contribution is -2.51. The molecule has 90 valence electrons. The Bertz CT molecular complexity index is 285. The first kappa shape index (κ1) is 11.9. The van der Waals surface area contributed by atoms with Gasteiger partial charge in [0.25, 0.3) is 0 Å². The second-order valence-corrected chi connectivity index (χ2v) is 4.54. The quantitative estimate of drug-likeness (QED) is 0.669. The molecule has 0 bridgehead atoms. The monoisotopic (exact) mass is 226 g/mol. The molecule has 2 fully saturated rings. The SMILES string of the molecule is C#CC1CC2(CO)O[C@@H](CCO)CC[C@@H]2O1. The predicted octanol–water partition coefficient (Wildman–Crippen LogP) is 0.0696. The zero-order valence-corrected chi connectivity index (χ0v) is 9.26. The van der Waals surface area contributed by atoms with Crippen LogP contribution in [-0.2, 0) is 9.47 Å². The molecule has 2 saturated heterocycles. The summed E-state index contributed by atoms with van der Waals surface area (Å²) < 4.78 is 11.5. The number of fused-ring (bicyclic) bond motifs is 1. The first-order valence-corrected chi connectivity index (χ1v) is 5.75. The van der Waals surface area contributed by atoms with Gasteiger partial charge in [-0.25, -0.2) is 0 Å². The average molecular weight is 226 g/mol. The molecule has 4 heteroatoms. The van der Waals surface area contributed by atoms with E-state index in [1.807, 2.05) is 0 Å². The van der Waals surface area contributed by atoms with Crippen LogP contribution in [0.3, 0.4) is 0 Å². The zero-order valence-electron chi connectivity index (χ0n) is 9.26. The smallest absolute Gasteiger partial charge is 0.121 e. The van der Waals surface area contributed by atoms with Gasteiger partial charge in [-0.05, 0) is 19.3 Å². The summed E-state index contributed by atoms with van der Waals surface area (Å²) in [6.45, 7) is 0.0358. The van der Waals surface area contributed by atoms with Gasteiger partial charge in [-0.2, -0.15) is 0 Å². The van der Waals surface area contributed by atoms with Crippen molar-refractivity contribution in [3.8, 4) is 12.3 Å². The van der Waals surface area contributed by atoms with E-state index in [-0.39, 0.29) is 31.5 Å². The Labute approximate surface area is 95.6 Å². The Balaban J connectivity index is 2.08. The molecule has 2 rings (SSSR count). The van der Waals surface area contributed by atoms with Gasteiger partial charge in [-0.1, -0.05) is 5.92 Å². The van der Waals surface area contributed by atoms with E-state index >= 15 is 0 Å². The van der Waals surface area contributed by atoms with E-state index < -0.39 is 5.60 Å². The molecule has 16 heavy (non-hydrogen) atoms. The molecule has 0 amide bonds. The van der Waals surface area contributed by atoms with Gasteiger partial charge in [0, 0.05) is 13.0 Å². The summed E-state index contributed by atoms with van der Waals surface area (Å²) in [7, 11) is 0. The number of ether oxygens (including phenoxy) is 2. The van der Waals surface area contributed by atoms with Crippen molar-refractivity contribution in [2.24, 2.45) is 0 Å². The van der Waals surface area contributed by atoms with Crippen LogP contribution in [0.5, 0.6) is 0 Å². The van der Waals surface area contributed by atoms with Crippen molar-refractivity contribution in [2.75, 3.05) is 13.2 Å². The third-order valence-electron chi connectivity index (χ3n) is 3.50. The summed E-state index contributed by atoms with van der Waals surface area (Å²) in [5.74, 6) is 2.56. The maximum Gasteiger partial charge on any atom is 0.121 e. The van der Waals surface area contributed by atoms with Crippen molar-refractivity contribution in [3.05, 3.63) is 0 Å². The van der Waals surface area contributed by atoms with Crippen LogP contribution in [0.1, 0.15) is 25.7 Å². The standard InChI is InChI=1S/C12H18O4/c1-2-9-7-12(8-14)11(15-9)4-3-10(16-12)5-6-13/h1,9-11,13-14H,3-8H2/t9?,10-,11+,12?/m1/s1. The molecule has 2 aliphatic heterocycles.